The first-order chi connectivity index (χ1) is 13.8. The number of ether oxygens (including phenoxy) is 1. The molecule has 0 amide bonds. The summed E-state index contributed by atoms with van der Waals surface area (Å²) in [5.74, 6) is 1.72. The van der Waals surface area contributed by atoms with Crippen LogP contribution in [0.5, 0.6) is 5.75 Å². The second kappa shape index (κ2) is 12.6. The van der Waals surface area contributed by atoms with Crippen LogP contribution in [0.1, 0.15) is 37.0 Å². The highest BCUT2D eigenvalue weighted by Crippen LogP contribution is 2.14. The van der Waals surface area contributed by atoms with Crippen molar-refractivity contribution in [2.45, 2.75) is 40.5 Å². The molecule has 2 aromatic rings. The van der Waals surface area contributed by atoms with Crippen molar-refractivity contribution in [3.8, 4) is 5.75 Å². The zero-order valence-electron chi connectivity index (χ0n) is 17.8. The van der Waals surface area contributed by atoms with Gasteiger partial charge in [-0.15, -0.1) is 0 Å². The average molecular weight is 404 g/mol. The molecule has 0 saturated carbocycles. The van der Waals surface area contributed by atoms with E-state index < -0.39 is 13.0 Å². The summed E-state index contributed by atoms with van der Waals surface area (Å²) in [6, 6.07) is 12.9. The van der Waals surface area contributed by atoms with Crippen LogP contribution in [0.15, 0.2) is 52.4 Å². The smallest absolute Gasteiger partial charge is 0.272 e. The van der Waals surface area contributed by atoms with E-state index in [0.717, 1.165) is 34.6 Å². The number of nitrogens with two attached hydrogens (primary N) is 1. The Morgan fingerprint density at radius 1 is 1.14 bits per heavy atom. The molecule has 29 heavy (non-hydrogen) atoms. The van der Waals surface area contributed by atoms with Gasteiger partial charge in [0.15, 0.2) is 5.84 Å². The average Bonchev–Trinajstić information content (AvgIpc) is 2.70. The molecule has 0 bridgehead atoms. The Hall–Kier alpha value is -2.76. The van der Waals surface area contributed by atoms with E-state index in [1.165, 1.54) is 0 Å². The first-order valence-corrected chi connectivity index (χ1v) is 9.61. The summed E-state index contributed by atoms with van der Waals surface area (Å²) in [5, 5.41) is 0. The van der Waals surface area contributed by atoms with E-state index >= 15 is 0 Å². The number of rotatable bonds is 6. The fraction of sp³-hybridized carbons (Fsp3) is 0.391. The molecule has 0 spiro atoms. The van der Waals surface area contributed by atoms with Crippen molar-refractivity contribution in [1.29, 1.82) is 0 Å². The minimum absolute atomic E-state index is 0.474. The van der Waals surface area contributed by atoms with E-state index in [0.29, 0.717) is 11.7 Å². The van der Waals surface area contributed by atoms with Crippen LogP contribution < -0.4 is 10.5 Å². The van der Waals surface area contributed by atoms with Crippen LogP contribution in [-0.4, -0.2) is 32.1 Å². The van der Waals surface area contributed by atoms with Gasteiger partial charge in [0, 0.05) is 24.5 Å². The van der Waals surface area contributed by atoms with Crippen LogP contribution in [0, 0.1) is 19.8 Å². The minimum Gasteiger partial charge on any atom is -0.488 e. The van der Waals surface area contributed by atoms with Gasteiger partial charge in [-0.1, -0.05) is 31.5 Å². The van der Waals surface area contributed by atoms with Crippen LogP contribution in [0.2, 0.25) is 0 Å². The predicted octanol–water partition coefficient (Wildman–Crippen LogP) is 5.71. The SMILES string of the molecule is CCC(C)C=NC(=NC)c1ccc(N)c(C)c1.Cc1ccc(OCC(F)F)cc1. The second-order valence-corrected chi connectivity index (χ2v) is 6.80. The molecule has 0 aromatic heterocycles. The Balaban J connectivity index is 0.000000308. The number of aryl methyl sites for hydroxylation is 2. The van der Waals surface area contributed by atoms with Gasteiger partial charge in [-0.3, -0.25) is 4.99 Å². The van der Waals surface area contributed by atoms with Gasteiger partial charge in [-0.2, -0.15) is 0 Å². The molecule has 2 rings (SSSR count). The van der Waals surface area contributed by atoms with Crippen molar-refractivity contribution in [3.63, 3.8) is 0 Å². The number of hydrogen-bond donors (Lipinski definition) is 1. The van der Waals surface area contributed by atoms with E-state index in [1.807, 2.05) is 50.4 Å². The third-order valence-electron chi connectivity index (χ3n) is 4.23. The summed E-state index contributed by atoms with van der Waals surface area (Å²) >= 11 is 0. The molecule has 0 heterocycles. The van der Waals surface area contributed by atoms with Crippen LogP contribution >= 0.6 is 0 Å². The highest BCUT2D eigenvalue weighted by Gasteiger charge is 2.03. The van der Waals surface area contributed by atoms with Crippen LogP contribution in [0.4, 0.5) is 14.5 Å². The lowest BCUT2D eigenvalue weighted by molar-refractivity contribution is 0.0819. The standard InChI is InChI=1S/C14H21N3.C9H10F2O/c1-5-10(2)9-17-14(16-4)12-6-7-13(15)11(3)8-12;1-7-2-4-8(5-3-7)12-6-9(10)11/h6-10H,5,15H2,1-4H3;2-5,9H,6H2,1H3. The van der Waals surface area contributed by atoms with Gasteiger partial charge in [-0.25, -0.2) is 13.8 Å². The highest BCUT2D eigenvalue weighted by atomic mass is 19.3. The molecule has 6 heteroatoms. The molecule has 2 N–H and O–H groups in total. The van der Waals surface area contributed by atoms with Gasteiger partial charge in [0.1, 0.15) is 12.4 Å². The fourth-order valence-electron chi connectivity index (χ4n) is 2.17. The van der Waals surface area contributed by atoms with Crippen molar-refractivity contribution < 1.29 is 13.5 Å². The van der Waals surface area contributed by atoms with Gasteiger partial charge in [-0.05, 0) is 62.1 Å². The summed E-state index contributed by atoms with van der Waals surface area (Å²) in [6.07, 6.45) is 0.626. The number of hydrogen-bond acceptors (Lipinski definition) is 3. The lowest BCUT2D eigenvalue weighted by atomic mass is 10.1. The summed E-state index contributed by atoms with van der Waals surface area (Å²) in [6.45, 7) is 7.67. The number of aliphatic imine (C=N–C) groups is 2. The topological polar surface area (TPSA) is 60.0 Å². The summed E-state index contributed by atoms with van der Waals surface area (Å²) < 4.78 is 28.1. The third kappa shape index (κ3) is 9.32. The Morgan fingerprint density at radius 3 is 2.31 bits per heavy atom. The van der Waals surface area contributed by atoms with Crippen molar-refractivity contribution in [1.82, 2.24) is 0 Å². The van der Waals surface area contributed by atoms with Gasteiger partial charge in [0.2, 0.25) is 0 Å². The molecule has 2 aromatic carbocycles. The number of nitrogens with zero attached hydrogens (tertiary/aromatic N) is 2. The summed E-state index contributed by atoms with van der Waals surface area (Å²) in [5.41, 5.74) is 9.75. The van der Waals surface area contributed by atoms with Crippen LogP contribution in [0.25, 0.3) is 0 Å². The number of benzene rings is 2. The number of anilines is 1. The first-order valence-electron chi connectivity index (χ1n) is 9.61. The van der Waals surface area contributed by atoms with Gasteiger partial charge in [0.05, 0.1) is 0 Å². The number of nitrogen functional groups attached to an aromatic ring is 1. The molecule has 0 radical (unpaired) electrons. The molecule has 1 atom stereocenters. The molecule has 4 nitrogen and oxygen atoms in total. The second-order valence-electron chi connectivity index (χ2n) is 6.80. The van der Waals surface area contributed by atoms with Gasteiger partial charge < -0.3 is 10.5 Å². The van der Waals surface area contributed by atoms with E-state index in [-0.39, 0.29) is 0 Å². The molecule has 0 fully saturated rings. The number of alkyl halides is 2. The van der Waals surface area contributed by atoms with E-state index in [9.17, 15) is 8.78 Å². The highest BCUT2D eigenvalue weighted by molar-refractivity contribution is 6.03. The van der Waals surface area contributed by atoms with Crippen molar-refractivity contribution in [3.05, 3.63) is 59.2 Å². The maximum atomic E-state index is 11.7. The lowest BCUT2D eigenvalue weighted by Crippen LogP contribution is -2.06. The largest absolute Gasteiger partial charge is 0.488 e. The van der Waals surface area contributed by atoms with Crippen LogP contribution in [-0.2, 0) is 0 Å². The number of halogens is 2. The molecule has 0 aliphatic heterocycles. The monoisotopic (exact) mass is 403 g/mol. The molecule has 0 saturated heterocycles. The summed E-state index contributed by atoms with van der Waals surface area (Å²) in [4.78, 5) is 8.65. The quantitative estimate of drug-likeness (QED) is 0.381. The molecular formula is C23H31F2N3O. The Labute approximate surface area is 172 Å². The molecule has 158 valence electrons. The third-order valence-corrected chi connectivity index (χ3v) is 4.23. The summed E-state index contributed by atoms with van der Waals surface area (Å²) in [7, 11) is 1.76. The minimum atomic E-state index is -2.41. The first kappa shape index (κ1) is 24.3. The van der Waals surface area contributed by atoms with E-state index in [1.54, 1.807) is 19.2 Å². The van der Waals surface area contributed by atoms with Crippen molar-refractivity contribution in [2.24, 2.45) is 15.9 Å². The zero-order chi connectivity index (χ0) is 21.8. The van der Waals surface area contributed by atoms with E-state index in [4.69, 9.17) is 10.5 Å². The Bertz CT molecular complexity index is 802. The van der Waals surface area contributed by atoms with Gasteiger partial charge in [0.25, 0.3) is 6.43 Å². The molecule has 0 aliphatic carbocycles. The molecule has 0 aliphatic rings. The fourth-order valence-corrected chi connectivity index (χ4v) is 2.17. The van der Waals surface area contributed by atoms with Crippen molar-refractivity contribution >= 4 is 17.7 Å². The maximum Gasteiger partial charge on any atom is 0.272 e. The number of amidine groups is 1. The lowest BCUT2D eigenvalue weighted by Gasteiger charge is -2.05. The van der Waals surface area contributed by atoms with Crippen molar-refractivity contribution in [2.75, 3.05) is 19.4 Å². The maximum absolute atomic E-state index is 11.7. The Morgan fingerprint density at radius 2 is 1.79 bits per heavy atom. The van der Waals surface area contributed by atoms with Gasteiger partial charge >= 0.3 is 0 Å². The molecular weight excluding hydrogens is 372 g/mol. The zero-order valence-corrected chi connectivity index (χ0v) is 17.8. The predicted molar refractivity (Wildman–Crippen MR) is 119 cm³/mol. The molecule has 1 unspecified atom stereocenters. The van der Waals surface area contributed by atoms with Crippen LogP contribution in [0.3, 0.4) is 0 Å². The Kier molecular flexibility index (Phi) is 10.6. The normalized spacial score (nSPS) is 12.6. The van der Waals surface area contributed by atoms with E-state index in [2.05, 4.69) is 23.8 Å².